The smallest absolute Gasteiger partial charge is 0.252 e. The van der Waals surface area contributed by atoms with Gasteiger partial charge in [0.15, 0.2) is 0 Å². The van der Waals surface area contributed by atoms with Crippen molar-refractivity contribution in [1.82, 2.24) is 20.3 Å². The Morgan fingerprint density at radius 1 is 1.06 bits per heavy atom. The van der Waals surface area contributed by atoms with Crippen LogP contribution in [0.15, 0.2) is 48.5 Å². The summed E-state index contributed by atoms with van der Waals surface area (Å²) in [4.78, 5) is 15.0. The molecule has 1 aromatic heterocycles. The highest BCUT2D eigenvalue weighted by molar-refractivity contribution is 7.18. The molecule has 0 spiro atoms. The summed E-state index contributed by atoms with van der Waals surface area (Å²) in [5.74, 6) is -0.0974. The molecule has 7 nitrogen and oxygen atoms in total. The van der Waals surface area contributed by atoms with Crippen molar-refractivity contribution in [2.75, 3.05) is 38.0 Å². The molecule has 4 rings (SSSR count). The molecule has 174 valence electrons. The maximum Gasteiger partial charge on any atom is 0.252 e. The number of hydrogen-bond acceptors (Lipinski definition) is 6. The molecule has 1 aliphatic rings. The summed E-state index contributed by atoms with van der Waals surface area (Å²) in [7, 11) is 4.24. The summed E-state index contributed by atoms with van der Waals surface area (Å²) >= 11 is 0. The second-order valence-electron chi connectivity index (χ2n) is 8.23. The van der Waals surface area contributed by atoms with Gasteiger partial charge in [0.1, 0.15) is 11.4 Å². The first-order valence-corrected chi connectivity index (χ1v) is 12.4. The summed E-state index contributed by atoms with van der Waals surface area (Å²) < 4.78 is 6.58. The fourth-order valence-electron chi connectivity index (χ4n) is 4.30. The van der Waals surface area contributed by atoms with Gasteiger partial charge in [-0.25, -0.2) is 0 Å². The maximum absolute atomic E-state index is 12.7. The molecule has 0 saturated carbocycles. The lowest BCUT2D eigenvalue weighted by Gasteiger charge is -2.30. The van der Waals surface area contributed by atoms with Gasteiger partial charge in [0.05, 0.1) is 6.67 Å². The largest absolute Gasteiger partial charge is 0.385 e. The van der Waals surface area contributed by atoms with Crippen LogP contribution in [0.25, 0.3) is 22.5 Å². The number of rotatable bonds is 10. The van der Waals surface area contributed by atoms with Crippen molar-refractivity contribution in [3.8, 4) is 22.5 Å². The summed E-state index contributed by atoms with van der Waals surface area (Å²) in [5, 5.41) is 12.3. The number of nitrogens with zero attached hydrogens (tertiary/aromatic N) is 4. The van der Waals surface area contributed by atoms with Crippen LogP contribution in [0.3, 0.4) is 0 Å². The van der Waals surface area contributed by atoms with Crippen molar-refractivity contribution < 1.29 is 9.53 Å². The van der Waals surface area contributed by atoms with E-state index in [1.165, 1.54) is 23.1 Å². The summed E-state index contributed by atoms with van der Waals surface area (Å²) in [6.45, 7) is 3.27. The number of carbonyl (C=O) groups is 1. The fourth-order valence-corrected chi connectivity index (χ4v) is 4.47. The molecule has 3 aromatic rings. The van der Waals surface area contributed by atoms with Crippen molar-refractivity contribution in [2.45, 2.75) is 32.2 Å². The quantitative estimate of drug-likeness (QED) is 0.357. The molecule has 0 radical (unpaired) electrons. The number of methoxy groups -OCH3 is 1. The Kier molecular flexibility index (Phi) is 8.21. The van der Waals surface area contributed by atoms with E-state index >= 15 is 0 Å². The minimum atomic E-state index is -0.0974. The highest BCUT2D eigenvalue weighted by atomic mass is 31.0. The SMILES string of the molecule is COCCCCCCNCN1Cc2ccccc2-c2nnn(C(=O)CP)c2-c2ccccc21. The number of fused-ring (bicyclic) bond motifs is 5. The molecule has 0 bridgehead atoms. The van der Waals surface area contributed by atoms with Crippen LogP contribution in [0.2, 0.25) is 0 Å². The normalized spacial score (nSPS) is 12.5. The molecule has 0 amide bonds. The number of nitrogens with one attached hydrogen (secondary N) is 1. The van der Waals surface area contributed by atoms with Crippen LogP contribution in [-0.2, 0) is 11.3 Å². The van der Waals surface area contributed by atoms with Crippen LogP contribution in [0, 0.1) is 0 Å². The van der Waals surface area contributed by atoms with E-state index in [-0.39, 0.29) is 12.1 Å². The fraction of sp³-hybridized carbons (Fsp3) is 0.400. The minimum Gasteiger partial charge on any atom is -0.385 e. The third-order valence-electron chi connectivity index (χ3n) is 5.97. The second-order valence-corrected chi connectivity index (χ2v) is 8.64. The van der Waals surface area contributed by atoms with Crippen LogP contribution < -0.4 is 10.2 Å². The predicted molar refractivity (Wildman–Crippen MR) is 135 cm³/mol. The highest BCUT2D eigenvalue weighted by Crippen LogP contribution is 2.40. The number of carbonyl (C=O) groups excluding carboxylic acids is 1. The van der Waals surface area contributed by atoms with Crippen LogP contribution in [0.4, 0.5) is 5.69 Å². The Hall–Kier alpha value is -2.60. The Morgan fingerprint density at radius 2 is 1.82 bits per heavy atom. The molecular weight excluding hydrogens is 433 g/mol. The summed E-state index contributed by atoms with van der Waals surface area (Å²) in [5.41, 5.74) is 5.75. The van der Waals surface area contributed by atoms with Crippen molar-refractivity contribution in [3.05, 3.63) is 54.1 Å². The molecule has 2 aromatic carbocycles. The van der Waals surface area contributed by atoms with Gasteiger partial charge in [0, 0.05) is 43.2 Å². The van der Waals surface area contributed by atoms with E-state index in [0.29, 0.717) is 0 Å². The first-order chi connectivity index (χ1) is 16.2. The lowest BCUT2D eigenvalue weighted by atomic mass is 9.96. The first kappa shape index (κ1) is 23.6. The van der Waals surface area contributed by atoms with Crippen molar-refractivity contribution in [2.24, 2.45) is 0 Å². The number of aromatic nitrogens is 3. The van der Waals surface area contributed by atoms with Gasteiger partial charge in [-0.05, 0) is 31.0 Å². The summed E-state index contributed by atoms with van der Waals surface area (Å²) in [6.07, 6.45) is 4.93. The zero-order valence-electron chi connectivity index (χ0n) is 19.2. The number of benzene rings is 2. The molecule has 0 fully saturated rings. The monoisotopic (exact) mass is 465 g/mol. The van der Waals surface area contributed by atoms with Gasteiger partial charge in [-0.1, -0.05) is 60.5 Å². The van der Waals surface area contributed by atoms with E-state index in [1.807, 2.05) is 18.2 Å². The van der Waals surface area contributed by atoms with Crippen molar-refractivity contribution >= 4 is 20.8 Å². The van der Waals surface area contributed by atoms with Crippen LogP contribution in [0.5, 0.6) is 0 Å². The Labute approximate surface area is 197 Å². The number of unbranched alkanes of at least 4 members (excludes halogenated alkanes) is 3. The van der Waals surface area contributed by atoms with E-state index < -0.39 is 0 Å². The average Bonchev–Trinajstić information content (AvgIpc) is 3.28. The topological polar surface area (TPSA) is 72.3 Å². The van der Waals surface area contributed by atoms with Crippen LogP contribution in [0.1, 0.15) is 36.0 Å². The molecule has 1 atom stereocenters. The number of hydrogen-bond donors (Lipinski definition) is 1. The molecule has 8 heteroatoms. The number of anilines is 1. The highest BCUT2D eigenvalue weighted by Gasteiger charge is 2.27. The Bertz CT molecular complexity index is 1080. The van der Waals surface area contributed by atoms with Gasteiger partial charge < -0.3 is 9.64 Å². The molecule has 1 aliphatic heterocycles. The maximum atomic E-state index is 12.7. The molecule has 33 heavy (non-hydrogen) atoms. The third kappa shape index (κ3) is 5.32. The van der Waals surface area contributed by atoms with Gasteiger partial charge in [-0.2, -0.15) is 4.68 Å². The van der Waals surface area contributed by atoms with E-state index in [1.54, 1.807) is 7.11 Å². The summed E-state index contributed by atoms with van der Waals surface area (Å²) in [6, 6.07) is 16.5. The average molecular weight is 466 g/mol. The van der Waals surface area contributed by atoms with Gasteiger partial charge >= 0.3 is 0 Å². The minimum absolute atomic E-state index is 0.0974. The number of para-hydroxylation sites is 1. The van der Waals surface area contributed by atoms with Crippen LogP contribution >= 0.6 is 9.24 Å². The van der Waals surface area contributed by atoms with E-state index in [2.05, 4.69) is 60.1 Å². The predicted octanol–water partition coefficient (Wildman–Crippen LogP) is 4.20. The zero-order chi connectivity index (χ0) is 23.0. The lowest BCUT2D eigenvalue weighted by Crippen LogP contribution is -2.35. The van der Waals surface area contributed by atoms with Crippen molar-refractivity contribution in [3.63, 3.8) is 0 Å². The lowest BCUT2D eigenvalue weighted by molar-refractivity contribution is 0.0926. The van der Waals surface area contributed by atoms with Gasteiger partial charge in [-0.15, -0.1) is 14.3 Å². The van der Waals surface area contributed by atoms with Crippen LogP contribution in [-0.4, -0.2) is 54.0 Å². The molecule has 0 saturated heterocycles. The molecular formula is C25H32N5O2P. The first-order valence-electron chi connectivity index (χ1n) is 11.6. The van der Waals surface area contributed by atoms with Gasteiger partial charge in [0.25, 0.3) is 5.91 Å². The standard InChI is InChI=1S/C25H32N5O2P/c1-32-15-9-3-2-8-14-26-18-29-16-19-10-4-5-11-20(19)24-25(21-12-6-7-13-22(21)29)30(28-27-24)23(31)17-33/h4-7,10-13,26H,2-3,8-9,14-18,33H2,1H3. The Morgan fingerprint density at radius 3 is 2.64 bits per heavy atom. The van der Waals surface area contributed by atoms with Gasteiger partial charge in [0.2, 0.25) is 0 Å². The number of ether oxygens (including phenoxy) is 1. The molecule has 2 heterocycles. The third-order valence-corrected chi connectivity index (χ3v) is 6.32. The van der Waals surface area contributed by atoms with Crippen molar-refractivity contribution in [1.29, 1.82) is 0 Å². The van der Waals surface area contributed by atoms with E-state index in [4.69, 9.17) is 4.74 Å². The molecule has 1 N–H and O–H groups in total. The van der Waals surface area contributed by atoms with E-state index in [0.717, 1.165) is 67.4 Å². The zero-order valence-corrected chi connectivity index (χ0v) is 20.3. The van der Waals surface area contributed by atoms with E-state index in [9.17, 15) is 4.79 Å². The second kappa shape index (κ2) is 11.5. The Balaban J connectivity index is 1.62. The molecule has 1 unspecified atom stereocenters. The molecule has 0 aliphatic carbocycles. The van der Waals surface area contributed by atoms with Gasteiger partial charge in [-0.3, -0.25) is 10.1 Å².